The van der Waals surface area contributed by atoms with Gasteiger partial charge in [0.1, 0.15) is 50.9 Å². The fourth-order valence-corrected chi connectivity index (χ4v) is 15.6. The van der Waals surface area contributed by atoms with Crippen molar-refractivity contribution in [2.45, 2.75) is 246 Å². The lowest BCUT2D eigenvalue weighted by Gasteiger charge is -2.32. The van der Waals surface area contributed by atoms with E-state index in [1.807, 2.05) is 127 Å². The first-order chi connectivity index (χ1) is 66.8. The predicted octanol–water partition coefficient (Wildman–Crippen LogP) is 31.5. The van der Waals surface area contributed by atoms with Gasteiger partial charge in [0.25, 0.3) is 0 Å². The number of hydrogen-bond acceptors (Lipinski definition) is 20. The Morgan fingerprint density at radius 2 is 0.612 bits per heavy atom. The minimum Gasteiger partial charge on any atom is -0.508 e. The minimum absolute atomic E-state index is 0. The number of H-pyrrole nitrogens is 1. The van der Waals surface area contributed by atoms with Crippen LogP contribution in [-0.2, 0) is 9.31 Å². The van der Waals surface area contributed by atoms with E-state index < -0.39 is 0 Å². The number of halogens is 2. The average Bonchev–Trinajstić information content (AvgIpc) is 1.62. The fraction of sp³-hybridized carbons (Fsp3) is 0.366. The summed E-state index contributed by atoms with van der Waals surface area (Å²) in [6.07, 6.45) is 2.62. The van der Waals surface area contributed by atoms with Gasteiger partial charge >= 0.3 is 7.12 Å². The van der Waals surface area contributed by atoms with Gasteiger partial charge in [-0.1, -0.05) is 170 Å². The van der Waals surface area contributed by atoms with Crippen LogP contribution in [0.25, 0.3) is 99.2 Å². The van der Waals surface area contributed by atoms with Gasteiger partial charge in [-0.2, -0.15) is 0 Å². The number of nitrogens with zero attached hydrogens (tertiary/aromatic N) is 9. The topological polar surface area (TPSA) is 258 Å². The lowest BCUT2D eigenvalue weighted by molar-refractivity contribution is 0.00578. The number of rotatable bonds is 26. The van der Waals surface area contributed by atoms with Gasteiger partial charge < -0.3 is 73.6 Å². The van der Waals surface area contributed by atoms with E-state index in [1.165, 1.54) is 34.9 Å². The normalized spacial score (nSPS) is 11.7. The van der Waals surface area contributed by atoms with E-state index in [2.05, 4.69) is 250 Å². The van der Waals surface area contributed by atoms with Crippen molar-refractivity contribution in [3.05, 3.63) is 300 Å². The Kier molecular flexibility index (Phi) is 56.1. The number of nitrogens with one attached hydrogen (secondary N) is 1. The van der Waals surface area contributed by atoms with Crippen LogP contribution in [0.5, 0.6) is 34.5 Å². The molecule has 24 heteroatoms. The molecule has 10 aromatic carbocycles. The first-order valence-corrected chi connectivity index (χ1v) is 49.1. The molecule has 147 heavy (non-hydrogen) atoms. The lowest BCUT2D eigenvalue weighted by atomic mass is 9.79. The highest BCUT2D eigenvalue weighted by Crippen LogP contribution is 2.38. The first kappa shape index (κ1) is 130. The molecule has 0 bridgehead atoms. The number of anilines is 4. The smallest absolute Gasteiger partial charge is 0.494 e. The van der Waals surface area contributed by atoms with Gasteiger partial charge in [-0.05, 0) is 311 Å². The van der Waals surface area contributed by atoms with Crippen LogP contribution in [0.4, 0.5) is 22.7 Å². The molecule has 1 aliphatic rings. The Morgan fingerprint density at radius 3 is 0.918 bits per heavy atom. The Balaban J connectivity index is 0.000000577. The maximum Gasteiger partial charge on any atom is 0.494 e. The standard InChI is InChI=1S/C23H28N2O2.C22H26N2O.C19H20N2O.C16H26BNO2.C12H12ClNO.C9H6ClNO.C9H7NO2.C5H12O.8CH4/c1-4-20(16-26)27-21-13-9-18-10-14-22(24-23(18)15-21)17-7-11-19(12-8-17)25(5-2)6-3;1-5-24(6-2)19-11-7-17(8-12-19)21-14-10-18-9-13-20(25-16(3)4)15-22(18)23-21;1-3-21(4-2)16-9-5-14(6-10-16)18-12-8-15-7-11-17(22)13-19(15)20-18;1-7-18(8-2)14-11-9-13(10-12-14)17-19-15(3,4)16(5,6)20-17;1-8(2)15-10-5-3-9-4-6-12(13)14-11(9)7-10;10-9-4-2-6-1-3-7(12)5-8(6)11-9;11-7-3-1-6-2-4-9(12)10-8(6)5-7;1-3-5(6)4-2;;;;;;;;/h7-15,20,26H,4-6,16H2,1-3H3;7-16H,5-6H2,1-4H3;5-13,22H,3-4H2,1-2H3;9-12H,7-8H2,1-6H3;3-8H,1-2H3;1-5,12H;1-5,11H,(H,10,12);5-6H,3-4H2,1-2H3;8*1H4. The Hall–Kier alpha value is -13.1. The molecule has 0 spiro atoms. The molecule has 16 aromatic rings. The number of phenolic OH excluding ortho intramolecular Hbond substituents is 3. The summed E-state index contributed by atoms with van der Waals surface area (Å²) < 4.78 is 29.3. The molecule has 1 unspecified atom stereocenters. The Bertz CT molecular complexity index is 6540. The van der Waals surface area contributed by atoms with Crippen LogP contribution in [-0.4, -0.2) is 157 Å². The molecular formula is C123H169BCl2N10O11. The Morgan fingerprint density at radius 1 is 0.340 bits per heavy atom. The molecule has 0 aliphatic carbocycles. The summed E-state index contributed by atoms with van der Waals surface area (Å²) in [5.74, 6) is 3.04. The van der Waals surface area contributed by atoms with Crippen molar-refractivity contribution in [2.24, 2.45) is 0 Å². The molecule has 1 fully saturated rings. The van der Waals surface area contributed by atoms with Crippen molar-refractivity contribution < 1.29 is 49.1 Å². The van der Waals surface area contributed by atoms with E-state index in [1.54, 1.807) is 60.7 Å². The maximum atomic E-state index is 10.9. The molecule has 1 saturated heterocycles. The number of aromatic amines is 1. The number of aliphatic hydroxyl groups excluding tert-OH is 2. The molecule has 17 rings (SSSR count). The molecule has 7 heterocycles. The van der Waals surface area contributed by atoms with E-state index in [9.17, 15) is 15.0 Å². The summed E-state index contributed by atoms with van der Waals surface area (Å²) in [6.45, 7) is 47.8. The second-order valence-corrected chi connectivity index (χ2v) is 35.7. The van der Waals surface area contributed by atoms with Crippen molar-refractivity contribution in [3.8, 4) is 68.3 Å². The van der Waals surface area contributed by atoms with Crippen LogP contribution in [0, 0.1) is 0 Å². The van der Waals surface area contributed by atoms with Crippen LogP contribution >= 0.6 is 23.2 Å². The van der Waals surface area contributed by atoms with E-state index in [0.717, 1.165) is 182 Å². The number of ether oxygens (including phenoxy) is 3. The third kappa shape index (κ3) is 37.7. The largest absolute Gasteiger partial charge is 0.508 e. The van der Waals surface area contributed by atoms with Gasteiger partial charge in [0, 0.05) is 161 Å². The second kappa shape index (κ2) is 63.5. The van der Waals surface area contributed by atoms with E-state index >= 15 is 0 Å². The first-order valence-electron chi connectivity index (χ1n) is 48.4. The van der Waals surface area contributed by atoms with E-state index in [0.29, 0.717) is 21.3 Å². The maximum absolute atomic E-state index is 10.9. The fourth-order valence-electron chi connectivity index (χ4n) is 15.3. The monoisotopic (exact) mass is 2040 g/mol. The molecule has 1 aliphatic heterocycles. The molecule has 0 amide bonds. The summed E-state index contributed by atoms with van der Waals surface area (Å²) >= 11 is 11.5. The quantitative estimate of drug-likeness (QED) is 0.0217. The summed E-state index contributed by atoms with van der Waals surface area (Å²) in [5.41, 5.74) is 16.4. The van der Waals surface area contributed by atoms with Crippen molar-refractivity contribution in [3.63, 3.8) is 0 Å². The number of phenols is 3. The SMILES string of the molecule is C.C.C.C.C.C.C.C.CC(C)Oc1ccc2ccc(Cl)nc2c1.CCC(CO)Oc1ccc2ccc(-c3ccc(N(CC)CC)cc3)nc2c1.CCC(O)CC.CCN(CC)c1ccc(-c2ccc3ccc(O)cc3n2)cc1.CCN(CC)c1ccc(-c2ccc3ccc(OC(C)C)cc3n2)cc1.CCN(CC)c1ccc(B2OC(C)(C)C(C)(C)O2)cc1.O=c1ccc2ccc(O)cc2[nH]1.Oc1ccc2ccc(Cl)nc2c1. The second-order valence-electron chi connectivity index (χ2n) is 34.9. The van der Waals surface area contributed by atoms with E-state index in [-0.39, 0.29) is 132 Å². The highest BCUT2D eigenvalue weighted by molar-refractivity contribution is 6.62. The predicted molar refractivity (Wildman–Crippen MR) is 635 cm³/mol. The van der Waals surface area contributed by atoms with Gasteiger partial charge in [-0.15, -0.1) is 0 Å². The third-order valence-corrected chi connectivity index (χ3v) is 24.5. The van der Waals surface area contributed by atoms with Crippen LogP contribution < -0.4 is 44.8 Å². The van der Waals surface area contributed by atoms with Crippen LogP contribution in [0.3, 0.4) is 0 Å². The summed E-state index contributed by atoms with van der Waals surface area (Å²) in [5, 5.41) is 53.0. The number of aliphatic hydroxyl groups is 2. The van der Waals surface area contributed by atoms with Crippen LogP contribution in [0.1, 0.15) is 210 Å². The van der Waals surface area contributed by atoms with Crippen molar-refractivity contribution >= 4 is 124 Å². The van der Waals surface area contributed by atoms with E-state index in [4.69, 9.17) is 72.0 Å². The van der Waals surface area contributed by atoms with Gasteiger partial charge in [0.2, 0.25) is 5.56 Å². The summed E-state index contributed by atoms with van der Waals surface area (Å²) in [6, 6.07) is 90.0. The third-order valence-electron chi connectivity index (χ3n) is 24.1. The molecule has 6 aromatic heterocycles. The van der Waals surface area contributed by atoms with Gasteiger partial charge in [-0.3, -0.25) is 4.79 Å². The van der Waals surface area contributed by atoms with Crippen molar-refractivity contribution in [1.29, 1.82) is 0 Å². The zero-order valence-corrected chi connectivity index (χ0v) is 85.4. The highest BCUT2D eigenvalue weighted by Gasteiger charge is 2.51. The molecule has 21 nitrogen and oxygen atoms in total. The molecule has 794 valence electrons. The molecule has 0 saturated carbocycles. The number of hydrogen-bond donors (Lipinski definition) is 6. The lowest BCUT2D eigenvalue weighted by Crippen LogP contribution is -2.41. The highest BCUT2D eigenvalue weighted by atomic mass is 35.5. The number of benzene rings is 10. The Labute approximate surface area is 889 Å². The molecular weight excluding hydrogens is 1880 g/mol. The zero-order chi connectivity index (χ0) is 100. The summed E-state index contributed by atoms with van der Waals surface area (Å²) in [7, 11) is -0.272. The van der Waals surface area contributed by atoms with Gasteiger partial charge in [-0.25, -0.2) is 24.9 Å². The van der Waals surface area contributed by atoms with Gasteiger partial charge in [0.05, 0.1) is 86.3 Å². The minimum atomic E-state index is -0.283. The number of aromatic hydroxyl groups is 3. The molecule has 1 atom stereocenters. The number of pyridine rings is 6. The average molecular weight is 2050 g/mol. The number of aromatic nitrogens is 6. The van der Waals surface area contributed by atoms with Crippen molar-refractivity contribution in [2.75, 3.05) is 78.6 Å². The van der Waals surface area contributed by atoms with Crippen LogP contribution in [0.2, 0.25) is 10.3 Å². The molecule has 0 radical (unpaired) electrons. The van der Waals surface area contributed by atoms with Crippen LogP contribution in [0.15, 0.2) is 284 Å². The number of fused-ring (bicyclic) bond motifs is 6. The van der Waals surface area contributed by atoms with Crippen molar-refractivity contribution in [1.82, 2.24) is 29.9 Å². The van der Waals surface area contributed by atoms with Gasteiger partial charge in [0.15, 0.2) is 0 Å². The molecule has 6 N–H and O–H groups in total. The summed E-state index contributed by atoms with van der Waals surface area (Å²) in [4.78, 5) is 45.4. The zero-order valence-electron chi connectivity index (χ0n) is 83.9.